The van der Waals surface area contributed by atoms with Gasteiger partial charge in [-0.2, -0.15) is 0 Å². The molecule has 3 aromatic rings. The summed E-state index contributed by atoms with van der Waals surface area (Å²) in [5.74, 6) is -4.68. The molecule has 0 bridgehead atoms. The zero-order valence-electron chi connectivity index (χ0n) is 20.7. The maximum Gasteiger partial charge on any atom is 0.321 e. The van der Waals surface area contributed by atoms with Gasteiger partial charge < -0.3 is 24.8 Å². The summed E-state index contributed by atoms with van der Waals surface area (Å²) < 4.78 is 59.6. The molecule has 3 N–H and O–H groups in total. The van der Waals surface area contributed by atoms with Gasteiger partial charge in [0, 0.05) is 12.4 Å². The molecule has 0 radical (unpaired) electrons. The van der Waals surface area contributed by atoms with Crippen LogP contribution in [0.4, 0.5) is 8.78 Å². The summed E-state index contributed by atoms with van der Waals surface area (Å²) in [6.45, 7) is 3.32. The maximum atomic E-state index is 14.4. The third kappa shape index (κ3) is 6.32. The van der Waals surface area contributed by atoms with Crippen molar-refractivity contribution < 1.29 is 41.7 Å². The molecule has 0 aliphatic heterocycles. The number of esters is 1. The number of nitrogens with zero attached hydrogens (tertiary/aromatic N) is 1. The number of aliphatic hydroxyl groups is 2. The number of aryl methyl sites for hydroxylation is 2. The van der Waals surface area contributed by atoms with Crippen molar-refractivity contribution in [3.05, 3.63) is 64.9 Å². The van der Waals surface area contributed by atoms with E-state index >= 15 is 0 Å². The predicted molar refractivity (Wildman–Crippen MR) is 131 cm³/mol. The van der Waals surface area contributed by atoms with Crippen molar-refractivity contribution in [3.8, 4) is 0 Å². The lowest BCUT2D eigenvalue weighted by Crippen LogP contribution is -2.32. The van der Waals surface area contributed by atoms with Gasteiger partial charge in [0.2, 0.25) is 0 Å². The molecular formula is C25H28F2N2O7S. The summed E-state index contributed by atoms with van der Waals surface area (Å²) in [7, 11) is -2.53. The van der Waals surface area contributed by atoms with E-state index in [1.54, 1.807) is 0 Å². The highest BCUT2D eigenvalue weighted by Crippen LogP contribution is 2.27. The molecule has 0 unspecified atom stereocenters. The fourth-order valence-electron chi connectivity index (χ4n) is 3.66. The Morgan fingerprint density at radius 1 is 1.14 bits per heavy atom. The van der Waals surface area contributed by atoms with E-state index in [1.165, 1.54) is 68.8 Å². The van der Waals surface area contributed by atoms with Gasteiger partial charge in [0.25, 0.3) is 5.91 Å². The minimum Gasteiger partial charge on any atom is -0.462 e. The van der Waals surface area contributed by atoms with Gasteiger partial charge in [0.05, 0.1) is 28.7 Å². The Morgan fingerprint density at radius 2 is 1.76 bits per heavy atom. The summed E-state index contributed by atoms with van der Waals surface area (Å²) in [5, 5.41) is 22.0. The average Bonchev–Trinajstić information content (AvgIpc) is 3.15. The molecule has 1 amide bonds. The van der Waals surface area contributed by atoms with Crippen molar-refractivity contribution in [2.24, 2.45) is 7.05 Å². The quantitative estimate of drug-likeness (QED) is 0.356. The Bertz CT molecular complexity index is 1440. The number of carbonyl (C=O) groups excluding carboxylic acids is 2. The predicted octanol–water partition coefficient (Wildman–Crippen LogP) is 2.32. The van der Waals surface area contributed by atoms with Crippen molar-refractivity contribution in [1.82, 2.24) is 9.88 Å². The molecule has 0 fully saturated rings. The van der Waals surface area contributed by atoms with Crippen LogP contribution >= 0.6 is 0 Å². The number of aliphatic hydroxyl groups excluding tert-OH is 1. The van der Waals surface area contributed by atoms with E-state index < -0.39 is 57.4 Å². The van der Waals surface area contributed by atoms with Crippen molar-refractivity contribution in [3.63, 3.8) is 0 Å². The highest BCUT2D eigenvalue weighted by Gasteiger charge is 2.25. The summed E-state index contributed by atoms with van der Waals surface area (Å²) in [5.41, 5.74) is -0.503. The summed E-state index contributed by atoms with van der Waals surface area (Å²) in [6, 6.07) is 6.88. The van der Waals surface area contributed by atoms with Gasteiger partial charge in [-0.3, -0.25) is 9.59 Å². The van der Waals surface area contributed by atoms with E-state index in [0.717, 1.165) is 0 Å². The number of benzene rings is 2. The van der Waals surface area contributed by atoms with Crippen molar-refractivity contribution in [1.29, 1.82) is 0 Å². The van der Waals surface area contributed by atoms with E-state index in [4.69, 9.17) is 4.74 Å². The number of ether oxygens (including phenoxy) is 1. The molecule has 9 nitrogen and oxygen atoms in total. The third-order valence-corrected chi connectivity index (χ3v) is 7.27. The first-order chi connectivity index (χ1) is 17.1. The van der Waals surface area contributed by atoms with Crippen LogP contribution in [0.5, 0.6) is 0 Å². The first kappa shape index (κ1) is 28.2. The Labute approximate surface area is 212 Å². The minimum atomic E-state index is -4.05. The van der Waals surface area contributed by atoms with Crippen molar-refractivity contribution in [2.45, 2.75) is 37.3 Å². The van der Waals surface area contributed by atoms with E-state index in [2.05, 4.69) is 5.32 Å². The molecule has 1 aromatic heterocycles. The Hall–Kier alpha value is -3.35. The lowest BCUT2D eigenvalue weighted by molar-refractivity contribution is -0.146. The third-order valence-electron chi connectivity index (χ3n) is 5.66. The molecule has 0 saturated carbocycles. The molecular weight excluding hydrogens is 510 g/mol. The van der Waals surface area contributed by atoms with Crippen molar-refractivity contribution >= 4 is 32.6 Å². The summed E-state index contributed by atoms with van der Waals surface area (Å²) >= 11 is 0. The van der Waals surface area contributed by atoms with Gasteiger partial charge in [-0.25, -0.2) is 17.2 Å². The minimum absolute atomic E-state index is 0.0288. The van der Waals surface area contributed by atoms with Crippen LogP contribution in [0.1, 0.15) is 41.5 Å². The van der Waals surface area contributed by atoms with E-state index in [0.29, 0.717) is 11.1 Å². The summed E-state index contributed by atoms with van der Waals surface area (Å²) in [6.07, 6.45) is 0. The number of hydrogen-bond acceptors (Lipinski definition) is 7. The number of aromatic nitrogens is 1. The number of nitrogens with one attached hydrogen (secondary N) is 1. The molecule has 0 spiro atoms. The topological polar surface area (TPSA) is 135 Å². The number of fused-ring (bicyclic) bond motifs is 1. The van der Waals surface area contributed by atoms with Crippen LogP contribution in [0.25, 0.3) is 10.9 Å². The molecule has 37 heavy (non-hydrogen) atoms. The van der Waals surface area contributed by atoms with Gasteiger partial charge in [-0.05, 0) is 56.2 Å². The lowest BCUT2D eigenvalue weighted by atomic mass is 10.1. The van der Waals surface area contributed by atoms with Gasteiger partial charge in [0.15, 0.2) is 27.2 Å². The average molecular weight is 539 g/mol. The smallest absolute Gasteiger partial charge is 0.321 e. The van der Waals surface area contributed by atoms with Gasteiger partial charge in [-0.1, -0.05) is 12.1 Å². The van der Waals surface area contributed by atoms with Crippen molar-refractivity contribution in [2.75, 3.05) is 19.0 Å². The maximum absolute atomic E-state index is 14.4. The van der Waals surface area contributed by atoms with Crippen LogP contribution in [-0.2, 0) is 26.4 Å². The molecule has 1 heterocycles. The second kappa shape index (κ2) is 10.6. The Kier molecular flexibility index (Phi) is 8.06. The normalized spacial score (nSPS) is 13.0. The van der Waals surface area contributed by atoms with Crippen LogP contribution in [0, 0.1) is 18.6 Å². The van der Waals surface area contributed by atoms with Gasteiger partial charge in [0.1, 0.15) is 12.3 Å². The first-order valence-electron chi connectivity index (χ1n) is 11.2. The molecule has 3 rings (SSSR count). The lowest BCUT2D eigenvalue weighted by Gasteiger charge is -2.18. The number of sulfone groups is 1. The molecule has 12 heteroatoms. The zero-order chi connectivity index (χ0) is 27.7. The van der Waals surface area contributed by atoms with Crippen LogP contribution in [0.2, 0.25) is 0 Å². The number of rotatable bonds is 9. The fraction of sp³-hybridized carbons (Fsp3) is 0.360. The standard InChI is InChI=1S/C25H28F2N2O7S/c1-14-9-19-17(23(27)22(14)26)10-20(29(19)4)24(32)28-18(11-30)15-5-7-16(8-6-15)37(34,35)12-21(31)36-13-25(2,3)33/h5-10,18,30,33H,11-13H2,1-4H3,(H,28,32)/t18-/m1/s1. The highest BCUT2D eigenvalue weighted by atomic mass is 32.2. The second-order valence-electron chi connectivity index (χ2n) is 9.35. The molecule has 1 atom stereocenters. The highest BCUT2D eigenvalue weighted by molar-refractivity contribution is 7.92. The van der Waals surface area contributed by atoms with Crippen LogP contribution in [0.15, 0.2) is 41.3 Å². The largest absolute Gasteiger partial charge is 0.462 e. The first-order valence-corrected chi connectivity index (χ1v) is 12.9. The SMILES string of the molecule is Cc1cc2c(cc(C(=O)N[C@H](CO)c3ccc(S(=O)(=O)CC(=O)OCC(C)(C)O)cc3)n2C)c(F)c1F. The second-order valence-corrected chi connectivity index (χ2v) is 11.3. The number of carbonyl (C=O) groups is 2. The molecule has 0 aliphatic rings. The van der Waals surface area contributed by atoms with Crippen LogP contribution < -0.4 is 5.32 Å². The van der Waals surface area contributed by atoms with Gasteiger partial charge >= 0.3 is 5.97 Å². The molecule has 0 aliphatic carbocycles. The van der Waals surface area contributed by atoms with Gasteiger partial charge in [-0.15, -0.1) is 0 Å². The van der Waals surface area contributed by atoms with Crippen LogP contribution in [0.3, 0.4) is 0 Å². The Balaban J connectivity index is 1.76. The fourth-order valence-corrected chi connectivity index (χ4v) is 4.77. The molecule has 2 aromatic carbocycles. The monoisotopic (exact) mass is 538 g/mol. The molecule has 200 valence electrons. The Morgan fingerprint density at radius 3 is 2.32 bits per heavy atom. The van der Waals surface area contributed by atoms with E-state index in [1.807, 2.05) is 0 Å². The number of amides is 1. The van der Waals surface area contributed by atoms with Crippen LogP contribution in [-0.4, -0.2) is 59.6 Å². The van der Waals surface area contributed by atoms with E-state index in [9.17, 15) is 37.0 Å². The van der Waals surface area contributed by atoms with E-state index in [-0.39, 0.29) is 28.1 Å². The summed E-state index contributed by atoms with van der Waals surface area (Å²) in [4.78, 5) is 24.6. The molecule has 0 saturated heterocycles. The number of halogens is 2. The number of hydrogen-bond donors (Lipinski definition) is 3. The zero-order valence-corrected chi connectivity index (χ0v) is 21.5.